The van der Waals surface area contributed by atoms with Crippen molar-refractivity contribution in [3.8, 4) is 0 Å². The number of rotatable bonds is 3. The average molecular weight is 180 g/mol. The van der Waals surface area contributed by atoms with E-state index in [4.69, 9.17) is 0 Å². The van der Waals surface area contributed by atoms with Gasteiger partial charge < -0.3 is 4.79 Å². The van der Waals surface area contributed by atoms with Crippen LogP contribution in [0.1, 0.15) is 39.5 Å². The number of hydrogen-bond donors (Lipinski definition) is 0. The molecular weight excluding hydrogens is 160 g/mol. The van der Waals surface area contributed by atoms with Crippen LogP contribution in [0.5, 0.6) is 0 Å². The number of carbonyl (C=O) groups excluding carboxylic acids is 1. The predicted molar refractivity (Wildman–Crippen MR) is 55.5 cm³/mol. The van der Waals surface area contributed by atoms with Crippen LogP contribution in [0.2, 0.25) is 0 Å². The minimum Gasteiger partial charge on any atom is -0.303 e. The number of aldehydes is 1. The lowest BCUT2D eigenvalue weighted by Gasteiger charge is -2.39. The van der Waals surface area contributed by atoms with Gasteiger partial charge in [-0.2, -0.15) is 0 Å². The maximum Gasteiger partial charge on any atom is 0.126 e. The summed E-state index contributed by atoms with van der Waals surface area (Å²) in [6, 6.07) is 0. The lowest BCUT2D eigenvalue weighted by molar-refractivity contribution is -0.120. The highest BCUT2D eigenvalue weighted by Crippen LogP contribution is 2.43. The van der Waals surface area contributed by atoms with Crippen molar-refractivity contribution in [2.45, 2.75) is 39.5 Å². The Labute approximate surface area is 81.2 Å². The van der Waals surface area contributed by atoms with Crippen molar-refractivity contribution in [1.82, 2.24) is 0 Å². The Morgan fingerprint density at radius 2 is 2.31 bits per heavy atom. The van der Waals surface area contributed by atoms with E-state index in [1.54, 1.807) is 0 Å². The molecule has 1 heteroatoms. The molecule has 13 heavy (non-hydrogen) atoms. The van der Waals surface area contributed by atoms with Crippen molar-refractivity contribution in [3.63, 3.8) is 0 Å². The Bertz CT molecular complexity index is 197. The van der Waals surface area contributed by atoms with Gasteiger partial charge in [-0.05, 0) is 24.7 Å². The van der Waals surface area contributed by atoms with Crippen molar-refractivity contribution in [3.05, 3.63) is 12.7 Å². The first-order valence-electron chi connectivity index (χ1n) is 5.23. The van der Waals surface area contributed by atoms with Crippen LogP contribution in [0.25, 0.3) is 0 Å². The summed E-state index contributed by atoms with van der Waals surface area (Å²) < 4.78 is 0. The van der Waals surface area contributed by atoms with Crippen LogP contribution in [0.4, 0.5) is 0 Å². The molecule has 0 radical (unpaired) electrons. The van der Waals surface area contributed by atoms with Crippen molar-refractivity contribution in [1.29, 1.82) is 0 Å². The first-order valence-corrected chi connectivity index (χ1v) is 5.23. The van der Waals surface area contributed by atoms with Crippen LogP contribution in [0.15, 0.2) is 12.7 Å². The third kappa shape index (κ3) is 2.01. The maximum atomic E-state index is 11.2. The fourth-order valence-corrected chi connectivity index (χ4v) is 2.50. The molecule has 0 saturated heterocycles. The second-order valence-electron chi connectivity index (χ2n) is 4.58. The van der Waals surface area contributed by atoms with E-state index >= 15 is 0 Å². The van der Waals surface area contributed by atoms with Gasteiger partial charge in [-0.1, -0.05) is 32.8 Å². The van der Waals surface area contributed by atoms with Gasteiger partial charge in [0.1, 0.15) is 6.29 Å². The van der Waals surface area contributed by atoms with Crippen LogP contribution in [-0.4, -0.2) is 6.29 Å². The third-order valence-corrected chi connectivity index (χ3v) is 3.56. The van der Waals surface area contributed by atoms with Crippen LogP contribution in [-0.2, 0) is 4.79 Å². The molecule has 3 atom stereocenters. The number of hydrogen-bond acceptors (Lipinski definition) is 1. The Kier molecular flexibility index (Phi) is 3.29. The topological polar surface area (TPSA) is 17.1 Å². The van der Waals surface area contributed by atoms with Gasteiger partial charge in [0.05, 0.1) is 0 Å². The highest BCUT2D eigenvalue weighted by atomic mass is 16.1. The normalized spacial score (nSPS) is 36.6. The van der Waals surface area contributed by atoms with Crippen molar-refractivity contribution < 1.29 is 4.79 Å². The zero-order valence-corrected chi connectivity index (χ0v) is 8.75. The van der Waals surface area contributed by atoms with E-state index in [9.17, 15) is 4.79 Å². The van der Waals surface area contributed by atoms with Gasteiger partial charge in [-0.25, -0.2) is 0 Å². The van der Waals surface area contributed by atoms with Crippen LogP contribution >= 0.6 is 0 Å². The molecule has 1 aliphatic carbocycles. The predicted octanol–water partition coefficient (Wildman–Crippen LogP) is 3.20. The van der Waals surface area contributed by atoms with Crippen LogP contribution in [0, 0.1) is 17.3 Å². The Hall–Kier alpha value is -0.590. The standard InChI is InChI=1S/C12H20O/c1-4-11(3)12(9-13)7-5-6-10(2)8-12/h4,9-11H,1,5-8H2,2-3H3. The summed E-state index contributed by atoms with van der Waals surface area (Å²) in [4.78, 5) is 11.2. The Morgan fingerprint density at radius 3 is 2.77 bits per heavy atom. The molecule has 0 heterocycles. The van der Waals surface area contributed by atoms with Crippen LogP contribution in [0.3, 0.4) is 0 Å². The molecule has 1 saturated carbocycles. The molecule has 74 valence electrons. The Balaban J connectivity index is 2.78. The lowest BCUT2D eigenvalue weighted by atomic mass is 9.64. The molecule has 0 aliphatic heterocycles. The second-order valence-corrected chi connectivity index (χ2v) is 4.58. The summed E-state index contributed by atoms with van der Waals surface area (Å²) in [5, 5.41) is 0. The second kappa shape index (κ2) is 4.08. The van der Waals surface area contributed by atoms with E-state index in [0.717, 1.165) is 12.8 Å². The molecule has 0 aromatic rings. The Morgan fingerprint density at radius 1 is 1.62 bits per heavy atom. The van der Waals surface area contributed by atoms with Gasteiger partial charge in [0.15, 0.2) is 0 Å². The van der Waals surface area contributed by atoms with Gasteiger partial charge in [-0.15, -0.1) is 6.58 Å². The SMILES string of the molecule is C=CC(C)C1(C=O)CCCC(C)C1. The summed E-state index contributed by atoms with van der Waals surface area (Å²) in [5.74, 6) is 1.02. The highest BCUT2D eigenvalue weighted by molar-refractivity contribution is 5.60. The molecule has 1 nitrogen and oxygen atoms in total. The molecule has 0 N–H and O–H groups in total. The summed E-state index contributed by atoms with van der Waals surface area (Å²) in [6.07, 6.45) is 7.66. The summed E-state index contributed by atoms with van der Waals surface area (Å²) in [7, 11) is 0. The van der Waals surface area contributed by atoms with E-state index in [-0.39, 0.29) is 5.41 Å². The monoisotopic (exact) mass is 180 g/mol. The van der Waals surface area contributed by atoms with Crippen molar-refractivity contribution >= 4 is 6.29 Å². The zero-order valence-electron chi connectivity index (χ0n) is 8.75. The van der Waals surface area contributed by atoms with E-state index in [1.165, 1.54) is 19.1 Å². The molecule has 0 bridgehead atoms. The summed E-state index contributed by atoms with van der Waals surface area (Å²) in [6.45, 7) is 8.15. The molecule has 0 aromatic heterocycles. The van der Waals surface area contributed by atoms with E-state index in [2.05, 4.69) is 20.4 Å². The third-order valence-electron chi connectivity index (χ3n) is 3.56. The zero-order chi connectivity index (χ0) is 9.90. The average Bonchev–Trinajstić information content (AvgIpc) is 2.16. The molecule has 0 amide bonds. The highest BCUT2D eigenvalue weighted by Gasteiger charge is 2.38. The van der Waals surface area contributed by atoms with Gasteiger partial charge in [0, 0.05) is 5.41 Å². The minimum absolute atomic E-state index is 0.0978. The quantitative estimate of drug-likeness (QED) is 0.481. The lowest BCUT2D eigenvalue weighted by Crippen LogP contribution is -2.34. The molecule has 1 fully saturated rings. The van der Waals surface area contributed by atoms with Crippen molar-refractivity contribution in [2.75, 3.05) is 0 Å². The van der Waals surface area contributed by atoms with Crippen LogP contribution < -0.4 is 0 Å². The molecule has 1 aliphatic rings. The van der Waals surface area contributed by atoms with Gasteiger partial charge in [0.25, 0.3) is 0 Å². The fourth-order valence-electron chi connectivity index (χ4n) is 2.50. The van der Waals surface area contributed by atoms with Gasteiger partial charge >= 0.3 is 0 Å². The largest absolute Gasteiger partial charge is 0.303 e. The number of allylic oxidation sites excluding steroid dienone is 1. The molecule has 3 unspecified atom stereocenters. The van der Waals surface area contributed by atoms with Crippen molar-refractivity contribution in [2.24, 2.45) is 17.3 Å². The molecule has 1 rings (SSSR count). The molecule has 0 aromatic carbocycles. The smallest absolute Gasteiger partial charge is 0.126 e. The summed E-state index contributed by atoms with van der Waals surface area (Å²) in [5.41, 5.74) is -0.0978. The first kappa shape index (κ1) is 10.5. The van der Waals surface area contributed by atoms with E-state index in [0.29, 0.717) is 11.8 Å². The van der Waals surface area contributed by atoms with E-state index in [1.807, 2.05) is 6.08 Å². The first-order chi connectivity index (χ1) is 6.14. The minimum atomic E-state index is -0.0978. The molecule has 0 spiro atoms. The summed E-state index contributed by atoms with van der Waals surface area (Å²) >= 11 is 0. The number of carbonyl (C=O) groups is 1. The van der Waals surface area contributed by atoms with Gasteiger partial charge in [0.2, 0.25) is 0 Å². The maximum absolute atomic E-state index is 11.2. The molecular formula is C12H20O. The van der Waals surface area contributed by atoms with E-state index < -0.39 is 0 Å². The fraction of sp³-hybridized carbons (Fsp3) is 0.750. The van der Waals surface area contributed by atoms with Gasteiger partial charge in [-0.3, -0.25) is 0 Å².